The Morgan fingerprint density at radius 1 is 1.00 bits per heavy atom. The first-order valence-electron chi connectivity index (χ1n) is 10.9. The highest BCUT2D eigenvalue weighted by atomic mass is 16.5. The molecule has 1 aliphatic heterocycles. The predicted molar refractivity (Wildman–Crippen MR) is 118 cm³/mol. The number of hydrogen-bond acceptors (Lipinski definition) is 5. The molecule has 2 aromatic carbocycles. The van der Waals surface area contributed by atoms with Crippen LogP contribution in [0.5, 0.6) is 17.2 Å². The maximum atomic E-state index is 13.8. The number of likely N-dealkylation sites (tertiary alicyclic amines) is 1. The van der Waals surface area contributed by atoms with E-state index in [9.17, 15) is 9.90 Å². The number of nitrogens with zero attached hydrogens (tertiary/aromatic N) is 1. The SMILES string of the molecule is COc1ccc(C2C3CCCCC3(O)CCN2C(=O)c2ccccc2OC)c(OC)c1. The van der Waals surface area contributed by atoms with E-state index in [1.165, 1.54) is 0 Å². The minimum absolute atomic E-state index is 0.0593. The molecule has 1 saturated heterocycles. The van der Waals surface area contributed by atoms with Crippen LogP contribution in [-0.4, -0.2) is 49.4 Å². The van der Waals surface area contributed by atoms with Crippen LogP contribution in [0.3, 0.4) is 0 Å². The number of carbonyl (C=O) groups excluding carboxylic acids is 1. The maximum Gasteiger partial charge on any atom is 0.258 e. The molecule has 31 heavy (non-hydrogen) atoms. The molecule has 2 aromatic rings. The Morgan fingerprint density at radius 2 is 1.77 bits per heavy atom. The minimum Gasteiger partial charge on any atom is -0.497 e. The predicted octanol–water partition coefficient (Wildman–Crippen LogP) is 4.22. The first-order valence-corrected chi connectivity index (χ1v) is 10.9. The molecule has 1 N–H and O–H groups in total. The van der Waals surface area contributed by atoms with Gasteiger partial charge >= 0.3 is 0 Å². The van der Waals surface area contributed by atoms with Crippen LogP contribution in [0.25, 0.3) is 0 Å². The highest BCUT2D eigenvalue weighted by Crippen LogP contribution is 2.51. The van der Waals surface area contributed by atoms with Crippen molar-refractivity contribution in [3.63, 3.8) is 0 Å². The number of amides is 1. The molecule has 0 aromatic heterocycles. The number of para-hydroxylation sites is 1. The lowest BCUT2D eigenvalue weighted by atomic mass is 9.66. The average molecular weight is 426 g/mol. The number of benzene rings is 2. The fraction of sp³-hybridized carbons (Fsp3) is 0.480. The Hall–Kier alpha value is -2.73. The molecule has 0 radical (unpaired) electrons. The van der Waals surface area contributed by atoms with Gasteiger partial charge in [-0.25, -0.2) is 0 Å². The molecular weight excluding hydrogens is 394 g/mol. The molecule has 3 atom stereocenters. The number of rotatable bonds is 5. The number of carbonyl (C=O) groups is 1. The van der Waals surface area contributed by atoms with Gasteiger partial charge in [-0.1, -0.05) is 25.0 Å². The molecule has 1 heterocycles. The third-order valence-electron chi connectivity index (χ3n) is 6.93. The lowest BCUT2D eigenvalue weighted by molar-refractivity contribution is -0.115. The first kappa shape index (κ1) is 21.5. The monoisotopic (exact) mass is 425 g/mol. The number of fused-ring (bicyclic) bond motifs is 1. The summed E-state index contributed by atoms with van der Waals surface area (Å²) in [4.78, 5) is 15.7. The summed E-state index contributed by atoms with van der Waals surface area (Å²) in [5, 5.41) is 11.5. The second kappa shape index (κ2) is 8.79. The third-order valence-corrected chi connectivity index (χ3v) is 6.93. The number of methoxy groups -OCH3 is 3. The Balaban J connectivity index is 1.82. The van der Waals surface area contributed by atoms with Crippen molar-refractivity contribution < 1.29 is 24.1 Å². The molecule has 0 bridgehead atoms. The molecule has 1 amide bonds. The van der Waals surface area contributed by atoms with Gasteiger partial charge in [-0.05, 0) is 43.5 Å². The van der Waals surface area contributed by atoms with E-state index in [0.717, 1.165) is 31.2 Å². The summed E-state index contributed by atoms with van der Waals surface area (Å²) in [5.74, 6) is 1.76. The zero-order chi connectivity index (χ0) is 22.0. The van der Waals surface area contributed by atoms with Gasteiger partial charge in [0.15, 0.2) is 0 Å². The zero-order valence-corrected chi connectivity index (χ0v) is 18.5. The van der Waals surface area contributed by atoms with E-state index in [2.05, 4.69) is 0 Å². The normalized spacial score (nSPS) is 25.5. The number of aliphatic hydroxyl groups is 1. The second-order valence-corrected chi connectivity index (χ2v) is 8.46. The van der Waals surface area contributed by atoms with E-state index in [1.54, 1.807) is 33.5 Å². The van der Waals surface area contributed by atoms with Gasteiger partial charge in [0.25, 0.3) is 5.91 Å². The smallest absolute Gasteiger partial charge is 0.258 e. The Kier molecular flexibility index (Phi) is 6.10. The van der Waals surface area contributed by atoms with Crippen LogP contribution >= 0.6 is 0 Å². The molecule has 2 aliphatic rings. The summed E-state index contributed by atoms with van der Waals surface area (Å²) in [6.07, 6.45) is 4.27. The van der Waals surface area contributed by atoms with Crippen molar-refractivity contribution in [1.82, 2.24) is 4.90 Å². The highest BCUT2D eigenvalue weighted by molar-refractivity contribution is 5.97. The lowest BCUT2D eigenvalue weighted by Gasteiger charge is -2.52. The molecule has 0 spiro atoms. The van der Waals surface area contributed by atoms with Gasteiger partial charge in [0.1, 0.15) is 17.2 Å². The highest BCUT2D eigenvalue weighted by Gasteiger charge is 2.51. The largest absolute Gasteiger partial charge is 0.497 e. The maximum absolute atomic E-state index is 13.8. The van der Waals surface area contributed by atoms with Crippen LogP contribution in [0, 0.1) is 5.92 Å². The van der Waals surface area contributed by atoms with Crippen molar-refractivity contribution in [3.8, 4) is 17.2 Å². The quantitative estimate of drug-likeness (QED) is 0.777. The Morgan fingerprint density at radius 3 is 2.52 bits per heavy atom. The van der Waals surface area contributed by atoms with Crippen LogP contribution in [0.15, 0.2) is 42.5 Å². The van der Waals surface area contributed by atoms with Gasteiger partial charge in [-0.3, -0.25) is 4.79 Å². The van der Waals surface area contributed by atoms with Gasteiger partial charge in [0.2, 0.25) is 0 Å². The van der Waals surface area contributed by atoms with Crippen LogP contribution < -0.4 is 14.2 Å². The van der Waals surface area contributed by atoms with Gasteiger partial charge in [0, 0.05) is 24.1 Å². The Labute approximate surface area is 183 Å². The van der Waals surface area contributed by atoms with E-state index in [1.807, 2.05) is 35.2 Å². The summed E-state index contributed by atoms with van der Waals surface area (Å²) < 4.78 is 16.5. The van der Waals surface area contributed by atoms with Crippen LogP contribution in [0.2, 0.25) is 0 Å². The summed E-state index contributed by atoms with van der Waals surface area (Å²) in [7, 11) is 4.82. The summed E-state index contributed by atoms with van der Waals surface area (Å²) in [6.45, 7) is 0.476. The van der Waals surface area contributed by atoms with E-state index in [4.69, 9.17) is 14.2 Å². The van der Waals surface area contributed by atoms with Gasteiger partial charge in [-0.2, -0.15) is 0 Å². The number of hydrogen-bond donors (Lipinski definition) is 1. The molecule has 6 heteroatoms. The van der Waals surface area contributed by atoms with Crippen LogP contribution in [0.4, 0.5) is 0 Å². The number of piperidine rings is 1. The third kappa shape index (κ3) is 3.85. The summed E-state index contributed by atoms with van der Waals surface area (Å²) >= 11 is 0. The van der Waals surface area contributed by atoms with E-state index >= 15 is 0 Å². The van der Waals surface area contributed by atoms with Gasteiger partial charge < -0.3 is 24.2 Å². The van der Waals surface area contributed by atoms with E-state index < -0.39 is 5.60 Å². The average Bonchev–Trinajstić information content (AvgIpc) is 2.82. The molecule has 2 fully saturated rings. The van der Waals surface area contributed by atoms with Crippen molar-refractivity contribution in [2.45, 2.75) is 43.7 Å². The van der Waals surface area contributed by atoms with Crippen molar-refractivity contribution >= 4 is 5.91 Å². The van der Waals surface area contributed by atoms with Crippen molar-refractivity contribution in [3.05, 3.63) is 53.6 Å². The lowest BCUT2D eigenvalue weighted by Crippen LogP contribution is -2.56. The topological polar surface area (TPSA) is 68.2 Å². The molecule has 1 saturated carbocycles. The van der Waals surface area contributed by atoms with E-state index in [-0.39, 0.29) is 17.9 Å². The first-order chi connectivity index (χ1) is 15.0. The summed E-state index contributed by atoms with van der Waals surface area (Å²) in [5.41, 5.74) is 0.658. The van der Waals surface area contributed by atoms with Crippen molar-refractivity contribution in [2.75, 3.05) is 27.9 Å². The molecule has 3 unspecified atom stereocenters. The molecule has 4 rings (SSSR count). The zero-order valence-electron chi connectivity index (χ0n) is 18.5. The molecule has 1 aliphatic carbocycles. The van der Waals surface area contributed by atoms with Crippen LogP contribution in [0.1, 0.15) is 54.1 Å². The fourth-order valence-electron chi connectivity index (χ4n) is 5.33. The van der Waals surface area contributed by atoms with E-state index in [0.29, 0.717) is 35.8 Å². The number of ether oxygens (including phenoxy) is 3. The second-order valence-electron chi connectivity index (χ2n) is 8.46. The fourth-order valence-corrected chi connectivity index (χ4v) is 5.33. The van der Waals surface area contributed by atoms with Gasteiger partial charge in [0.05, 0.1) is 38.5 Å². The minimum atomic E-state index is -0.772. The standard InChI is InChI=1S/C25H31NO5/c1-29-17-11-12-18(22(16-17)31-3)23-20-9-6-7-13-25(20,28)14-15-26(23)24(27)19-8-4-5-10-21(19)30-2/h4-5,8,10-12,16,20,23,28H,6-7,9,13-15H2,1-3H3. The Bertz CT molecular complexity index is 945. The van der Waals surface area contributed by atoms with Gasteiger partial charge in [-0.15, -0.1) is 0 Å². The molecule has 6 nitrogen and oxygen atoms in total. The van der Waals surface area contributed by atoms with Crippen molar-refractivity contribution in [1.29, 1.82) is 0 Å². The summed E-state index contributed by atoms with van der Waals surface area (Å²) in [6, 6.07) is 12.7. The van der Waals surface area contributed by atoms with Crippen LogP contribution in [-0.2, 0) is 0 Å². The van der Waals surface area contributed by atoms with Crippen molar-refractivity contribution in [2.24, 2.45) is 5.92 Å². The molecular formula is C25H31NO5. The molecule has 166 valence electrons.